The number of rotatable bonds is 2. The standard InChI is InChI=1S/C8H14N4S/c1-10-8(11-9)12(2)6-7-4-3-5-13-7/h3-5H,6,9H2,1-2H3,(H,10,11). The Morgan fingerprint density at radius 3 is 3.00 bits per heavy atom. The van der Waals surface area contributed by atoms with E-state index >= 15 is 0 Å². The van der Waals surface area contributed by atoms with Gasteiger partial charge in [0.25, 0.3) is 0 Å². The molecule has 0 saturated carbocycles. The molecule has 1 heterocycles. The summed E-state index contributed by atoms with van der Waals surface area (Å²) in [5, 5.41) is 2.06. The zero-order valence-electron chi connectivity index (χ0n) is 7.82. The first-order valence-electron chi connectivity index (χ1n) is 3.95. The fourth-order valence-electron chi connectivity index (χ4n) is 1.06. The maximum absolute atomic E-state index is 5.29. The van der Waals surface area contributed by atoms with E-state index in [0.29, 0.717) is 5.96 Å². The van der Waals surface area contributed by atoms with E-state index in [0.717, 1.165) is 6.54 Å². The maximum atomic E-state index is 5.29. The summed E-state index contributed by atoms with van der Waals surface area (Å²) >= 11 is 1.72. The minimum Gasteiger partial charge on any atom is -0.340 e. The number of guanidine groups is 1. The van der Waals surface area contributed by atoms with Gasteiger partial charge in [0.2, 0.25) is 5.96 Å². The molecular formula is C8H14N4S. The van der Waals surface area contributed by atoms with E-state index in [2.05, 4.69) is 21.9 Å². The van der Waals surface area contributed by atoms with Gasteiger partial charge in [0.1, 0.15) is 0 Å². The summed E-state index contributed by atoms with van der Waals surface area (Å²) in [6.07, 6.45) is 0. The Morgan fingerprint density at radius 1 is 1.77 bits per heavy atom. The first-order chi connectivity index (χ1) is 6.27. The lowest BCUT2D eigenvalue weighted by atomic mass is 10.4. The molecule has 0 aliphatic rings. The van der Waals surface area contributed by atoms with Crippen LogP contribution in [0.4, 0.5) is 0 Å². The summed E-state index contributed by atoms with van der Waals surface area (Å²) in [4.78, 5) is 7.25. The second-order valence-electron chi connectivity index (χ2n) is 2.63. The number of hydrazine groups is 1. The molecule has 0 spiro atoms. The highest BCUT2D eigenvalue weighted by Crippen LogP contribution is 2.10. The van der Waals surface area contributed by atoms with Crippen LogP contribution in [0.25, 0.3) is 0 Å². The lowest BCUT2D eigenvalue weighted by Crippen LogP contribution is -2.42. The zero-order valence-corrected chi connectivity index (χ0v) is 8.64. The molecule has 0 aromatic carbocycles. The van der Waals surface area contributed by atoms with Gasteiger partial charge in [-0.05, 0) is 11.4 Å². The molecule has 0 bridgehead atoms. The molecule has 1 rings (SSSR count). The molecule has 13 heavy (non-hydrogen) atoms. The van der Waals surface area contributed by atoms with E-state index in [1.165, 1.54) is 4.88 Å². The van der Waals surface area contributed by atoms with E-state index in [4.69, 9.17) is 5.84 Å². The molecule has 0 fully saturated rings. The second kappa shape index (κ2) is 4.84. The molecule has 0 atom stereocenters. The molecular weight excluding hydrogens is 184 g/mol. The minimum absolute atomic E-state index is 0.688. The van der Waals surface area contributed by atoms with Crippen molar-refractivity contribution < 1.29 is 0 Å². The third kappa shape index (κ3) is 2.71. The largest absolute Gasteiger partial charge is 0.340 e. The first-order valence-corrected chi connectivity index (χ1v) is 4.82. The van der Waals surface area contributed by atoms with Crippen molar-refractivity contribution in [3.63, 3.8) is 0 Å². The van der Waals surface area contributed by atoms with Crippen LogP contribution in [0.15, 0.2) is 22.5 Å². The number of hydrogen-bond donors (Lipinski definition) is 2. The monoisotopic (exact) mass is 198 g/mol. The molecule has 0 saturated heterocycles. The van der Waals surface area contributed by atoms with Crippen molar-refractivity contribution in [2.75, 3.05) is 14.1 Å². The number of nitrogens with one attached hydrogen (secondary N) is 1. The molecule has 0 radical (unpaired) electrons. The Balaban J connectivity index is 2.55. The van der Waals surface area contributed by atoms with Gasteiger partial charge in [0.05, 0.1) is 6.54 Å². The molecule has 0 aliphatic carbocycles. The highest BCUT2D eigenvalue weighted by Gasteiger charge is 2.04. The van der Waals surface area contributed by atoms with Crippen LogP contribution >= 0.6 is 11.3 Å². The van der Waals surface area contributed by atoms with Crippen LogP contribution in [0.3, 0.4) is 0 Å². The van der Waals surface area contributed by atoms with E-state index in [1.54, 1.807) is 18.4 Å². The molecule has 1 aromatic rings. The summed E-state index contributed by atoms with van der Waals surface area (Å²) in [6, 6.07) is 4.12. The van der Waals surface area contributed by atoms with Crippen molar-refractivity contribution >= 4 is 17.3 Å². The highest BCUT2D eigenvalue weighted by molar-refractivity contribution is 7.09. The Morgan fingerprint density at radius 2 is 2.54 bits per heavy atom. The average molecular weight is 198 g/mol. The second-order valence-corrected chi connectivity index (χ2v) is 3.66. The number of nitrogens with two attached hydrogens (primary N) is 1. The van der Waals surface area contributed by atoms with Crippen molar-refractivity contribution in [1.29, 1.82) is 0 Å². The Labute approximate surface area is 82.0 Å². The molecule has 0 aliphatic heterocycles. The smallest absolute Gasteiger partial charge is 0.208 e. The number of aliphatic imine (C=N–C) groups is 1. The number of hydrogen-bond acceptors (Lipinski definition) is 3. The Bertz CT molecular complexity index is 268. The molecule has 0 unspecified atom stereocenters. The Hall–Kier alpha value is -1.07. The van der Waals surface area contributed by atoms with Gasteiger partial charge in [-0.2, -0.15) is 0 Å². The molecule has 3 N–H and O–H groups in total. The summed E-state index contributed by atoms with van der Waals surface area (Å²) in [5.41, 5.74) is 2.54. The normalized spacial score (nSPS) is 11.5. The van der Waals surface area contributed by atoms with E-state index in [9.17, 15) is 0 Å². The van der Waals surface area contributed by atoms with Gasteiger partial charge in [-0.25, -0.2) is 5.84 Å². The molecule has 1 aromatic heterocycles. The number of nitrogens with zero attached hydrogens (tertiary/aromatic N) is 2. The van der Waals surface area contributed by atoms with Gasteiger partial charge in [-0.3, -0.25) is 10.4 Å². The van der Waals surface area contributed by atoms with Crippen LogP contribution in [0.2, 0.25) is 0 Å². The van der Waals surface area contributed by atoms with Gasteiger partial charge < -0.3 is 4.90 Å². The lowest BCUT2D eigenvalue weighted by molar-refractivity contribution is 0.483. The minimum atomic E-state index is 0.688. The molecule has 0 amide bonds. The van der Waals surface area contributed by atoms with Crippen molar-refractivity contribution in [3.8, 4) is 0 Å². The van der Waals surface area contributed by atoms with Crippen molar-refractivity contribution in [3.05, 3.63) is 22.4 Å². The van der Waals surface area contributed by atoms with Crippen molar-refractivity contribution in [2.24, 2.45) is 10.8 Å². The average Bonchev–Trinajstić information content (AvgIpc) is 2.59. The van der Waals surface area contributed by atoms with Crippen LogP contribution < -0.4 is 11.3 Å². The summed E-state index contributed by atoms with van der Waals surface area (Å²) in [7, 11) is 3.65. The molecule has 4 nitrogen and oxygen atoms in total. The predicted molar refractivity (Wildman–Crippen MR) is 56.5 cm³/mol. The van der Waals surface area contributed by atoms with Gasteiger partial charge >= 0.3 is 0 Å². The third-order valence-electron chi connectivity index (χ3n) is 1.68. The topological polar surface area (TPSA) is 53.6 Å². The van der Waals surface area contributed by atoms with Crippen LogP contribution in [0, 0.1) is 0 Å². The van der Waals surface area contributed by atoms with E-state index in [-0.39, 0.29) is 0 Å². The lowest BCUT2D eigenvalue weighted by Gasteiger charge is -2.18. The first kappa shape index (κ1) is 10.0. The molecule has 5 heteroatoms. The predicted octanol–water partition coefficient (Wildman–Crippen LogP) is 0.629. The van der Waals surface area contributed by atoms with Gasteiger partial charge in [0.15, 0.2) is 0 Å². The van der Waals surface area contributed by atoms with E-state index in [1.807, 2.05) is 18.0 Å². The van der Waals surface area contributed by atoms with Gasteiger partial charge in [-0.1, -0.05) is 6.07 Å². The summed E-state index contributed by atoms with van der Waals surface area (Å²) in [5.74, 6) is 5.98. The Kier molecular flexibility index (Phi) is 3.72. The zero-order chi connectivity index (χ0) is 9.68. The quantitative estimate of drug-likeness (QED) is 0.317. The highest BCUT2D eigenvalue weighted by atomic mass is 32.1. The van der Waals surface area contributed by atoms with Crippen LogP contribution in [0.1, 0.15) is 4.88 Å². The van der Waals surface area contributed by atoms with Gasteiger partial charge in [0, 0.05) is 19.0 Å². The summed E-state index contributed by atoms with van der Waals surface area (Å²) in [6.45, 7) is 0.828. The van der Waals surface area contributed by atoms with Crippen molar-refractivity contribution in [2.45, 2.75) is 6.54 Å². The van der Waals surface area contributed by atoms with Gasteiger partial charge in [-0.15, -0.1) is 11.3 Å². The number of thiophene rings is 1. The fourth-order valence-corrected chi connectivity index (χ4v) is 1.81. The van der Waals surface area contributed by atoms with Crippen LogP contribution in [-0.4, -0.2) is 25.0 Å². The maximum Gasteiger partial charge on any atom is 0.208 e. The third-order valence-corrected chi connectivity index (χ3v) is 2.54. The SMILES string of the molecule is CN=C(NN)N(C)Cc1cccs1. The summed E-state index contributed by atoms with van der Waals surface area (Å²) < 4.78 is 0. The fraction of sp³-hybridized carbons (Fsp3) is 0.375. The van der Waals surface area contributed by atoms with Crippen LogP contribution in [0.5, 0.6) is 0 Å². The van der Waals surface area contributed by atoms with Crippen LogP contribution in [-0.2, 0) is 6.54 Å². The molecule has 72 valence electrons. The van der Waals surface area contributed by atoms with Crippen molar-refractivity contribution in [1.82, 2.24) is 10.3 Å². The van der Waals surface area contributed by atoms with E-state index < -0.39 is 0 Å².